The number of halogens is 2. The van der Waals surface area contributed by atoms with Gasteiger partial charge in [0.15, 0.2) is 11.6 Å². The molecule has 0 aliphatic rings. The van der Waals surface area contributed by atoms with Crippen LogP contribution in [-0.2, 0) is 11.2 Å². The van der Waals surface area contributed by atoms with Gasteiger partial charge in [-0.2, -0.15) is 0 Å². The van der Waals surface area contributed by atoms with Gasteiger partial charge in [-0.3, -0.25) is 4.79 Å². The van der Waals surface area contributed by atoms with E-state index in [-0.39, 0.29) is 12.3 Å². The van der Waals surface area contributed by atoms with Gasteiger partial charge in [-0.15, -0.1) is 10.2 Å². The van der Waals surface area contributed by atoms with E-state index in [4.69, 9.17) is 11.6 Å². The molecule has 126 valence electrons. The Labute approximate surface area is 148 Å². The number of hydrogen-bond acceptors (Lipinski definition) is 4. The summed E-state index contributed by atoms with van der Waals surface area (Å²) in [4.78, 5) is 12.0. The summed E-state index contributed by atoms with van der Waals surface area (Å²) in [5.41, 5.74) is 1.14. The number of anilines is 3. The van der Waals surface area contributed by atoms with E-state index >= 15 is 0 Å². The molecule has 0 bridgehead atoms. The second-order valence-corrected chi connectivity index (χ2v) is 5.69. The lowest BCUT2D eigenvalue weighted by Gasteiger charge is -2.07. The summed E-state index contributed by atoms with van der Waals surface area (Å²) < 4.78 is 13.5. The third-order valence-electron chi connectivity index (χ3n) is 3.36. The molecule has 3 aromatic rings. The number of nitrogens with one attached hydrogen (secondary N) is 2. The molecule has 1 amide bonds. The first kappa shape index (κ1) is 16.9. The van der Waals surface area contributed by atoms with Crippen molar-refractivity contribution in [3.8, 4) is 0 Å². The van der Waals surface area contributed by atoms with Crippen LogP contribution in [0.25, 0.3) is 0 Å². The molecule has 0 radical (unpaired) electrons. The van der Waals surface area contributed by atoms with E-state index < -0.39 is 5.82 Å². The van der Waals surface area contributed by atoms with Gasteiger partial charge >= 0.3 is 0 Å². The van der Waals surface area contributed by atoms with Gasteiger partial charge in [0.25, 0.3) is 0 Å². The number of carbonyl (C=O) groups is 1. The highest BCUT2D eigenvalue weighted by molar-refractivity contribution is 6.30. The average molecular weight is 357 g/mol. The minimum atomic E-state index is -0.411. The van der Waals surface area contributed by atoms with Gasteiger partial charge in [0.05, 0.1) is 6.42 Å². The first-order valence-electron chi connectivity index (χ1n) is 7.50. The summed E-state index contributed by atoms with van der Waals surface area (Å²) in [5, 5.41) is 14.2. The molecular weight excluding hydrogens is 343 g/mol. The first-order chi connectivity index (χ1) is 12.1. The minimum absolute atomic E-state index is 0.0703. The summed E-state index contributed by atoms with van der Waals surface area (Å²) in [7, 11) is 0. The van der Waals surface area contributed by atoms with E-state index in [1.165, 1.54) is 6.07 Å². The zero-order chi connectivity index (χ0) is 17.6. The van der Waals surface area contributed by atoms with Crippen LogP contribution >= 0.6 is 11.6 Å². The topological polar surface area (TPSA) is 66.9 Å². The maximum Gasteiger partial charge on any atom is 0.230 e. The summed E-state index contributed by atoms with van der Waals surface area (Å²) in [6.45, 7) is 0. The van der Waals surface area contributed by atoms with Gasteiger partial charge in [0.2, 0.25) is 5.91 Å². The van der Waals surface area contributed by atoms with Gasteiger partial charge in [-0.1, -0.05) is 29.8 Å². The van der Waals surface area contributed by atoms with E-state index in [1.54, 1.807) is 42.5 Å². The molecule has 0 atom stereocenters. The molecule has 0 saturated heterocycles. The molecule has 0 aliphatic carbocycles. The van der Waals surface area contributed by atoms with Crippen molar-refractivity contribution < 1.29 is 9.18 Å². The molecule has 1 aromatic heterocycles. The number of aromatic nitrogens is 2. The zero-order valence-electron chi connectivity index (χ0n) is 13.0. The number of amides is 1. The predicted octanol–water partition coefficient (Wildman–Crippen LogP) is 4.19. The lowest BCUT2D eigenvalue weighted by molar-refractivity contribution is -0.115. The van der Waals surface area contributed by atoms with Crippen LogP contribution in [0.4, 0.5) is 21.7 Å². The monoisotopic (exact) mass is 356 g/mol. The Morgan fingerprint density at radius 2 is 1.64 bits per heavy atom. The Balaban J connectivity index is 1.59. The number of hydrogen-bond donors (Lipinski definition) is 2. The molecule has 25 heavy (non-hydrogen) atoms. The van der Waals surface area contributed by atoms with E-state index in [9.17, 15) is 9.18 Å². The smallest absolute Gasteiger partial charge is 0.230 e. The van der Waals surface area contributed by atoms with Crippen molar-refractivity contribution in [3.05, 3.63) is 77.1 Å². The van der Waals surface area contributed by atoms with E-state index in [2.05, 4.69) is 20.8 Å². The maximum atomic E-state index is 13.5. The number of benzene rings is 2. The highest BCUT2D eigenvalue weighted by Gasteiger charge is 2.09. The standard InChI is InChI=1S/C18H14ClFN4O/c19-13-5-7-14(8-6-13)21-16-9-10-17(24-23-16)22-18(25)11-12-3-1-2-4-15(12)20/h1-10H,11H2,(H,21,23)(H,22,24,25). The Morgan fingerprint density at radius 1 is 0.960 bits per heavy atom. The van der Waals surface area contributed by atoms with Crippen LogP contribution in [0.5, 0.6) is 0 Å². The predicted molar refractivity (Wildman–Crippen MR) is 95.5 cm³/mol. The average Bonchev–Trinajstić information content (AvgIpc) is 2.61. The summed E-state index contributed by atoms with van der Waals surface area (Å²) in [5.74, 6) is 0.0430. The SMILES string of the molecule is O=C(Cc1ccccc1F)Nc1ccc(Nc2ccc(Cl)cc2)nn1. The van der Waals surface area contributed by atoms with Crippen molar-refractivity contribution in [2.75, 3.05) is 10.6 Å². The van der Waals surface area contributed by atoms with Crippen LogP contribution in [0.1, 0.15) is 5.56 Å². The Hall–Kier alpha value is -2.99. The van der Waals surface area contributed by atoms with Crippen molar-refractivity contribution in [1.29, 1.82) is 0 Å². The molecule has 0 fully saturated rings. The quantitative estimate of drug-likeness (QED) is 0.719. The zero-order valence-corrected chi connectivity index (χ0v) is 13.8. The molecule has 1 heterocycles. The van der Waals surface area contributed by atoms with Crippen LogP contribution < -0.4 is 10.6 Å². The minimum Gasteiger partial charge on any atom is -0.339 e. The second-order valence-electron chi connectivity index (χ2n) is 5.25. The summed E-state index contributed by atoms with van der Waals surface area (Å²) >= 11 is 5.83. The van der Waals surface area contributed by atoms with Crippen LogP contribution in [0.2, 0.25) is 5.02 Å². The Morgan fingerprint density at radius 3 is 2.32 bits per heavy atom. The Bertz CT molecular complexity index is 869. The third-order valence-corrected chi connectivity index (χ3v) is 3.61. The molecule has 5 nitrogen and oxygen atoms in total. The summed E-state index contributed by atoms with van der Waals surface area (Å²) in [6.07, 6.45) is -0.0703. The summed E-state index contributed by atoms with van der Waals surface area (Å²) in [6, 6.07) is 16.6. The van der Waals surface area contributed by atoms with Crippen LogP contribution in [0.3, 0.4) is 0 Å². The molecule has 0 saturated carbocycles. The van der Waals surface area contributed by atoms with Gasteiger partial charge in [-0.05, 0) is 48.0 Å². The fourth-order valence-corrected chi connectivity index (χ4v) is 2.27. The van der Waals surface area contributed by atoms with E-state index in [1.807, 2.05) is 12.1 Å². The molecule has 3 rings (SSSR count). The molecule has 2 N–H and O–H groups in total. The van der Waals surface area contributed by atoms with Gasteiger partial charge in [-0.25, -0.2) is 4.39 Å². The van der Waals surface area contributed by atoms with E-state index in [0.29, 0.717) is 22.2 Å². The third kappa shape index (κ3) is 4.74. The van der Waals surface area contributed by atoms with Crippen molar-refractivity contribution in [3.63, 3.8) is 0 Å². The van der Waals surface area contributed by atoms with Crippen molar-refractivity contribution in [2.24, 2.45) is 0 Å². The second kappa shape index (κ2) is 7.72. The number of nitrogens with zero attached hydrogens (tertiary/aromatic N) is 2. The van der Waals surface area contributed by atoms with Crippen LogP contribution in [0, 0.1) is 5.82 Å². The maximum absolute atomic E-state index is 13.5. The van der Waals surface area contributed by atoms with Crippen molar-refractivity contribution >= 4 is 34.8 Å². The molecule has 7 heteroatoms. The highest BCUT2D eigenvalue weighted by Crippen LogP contribution is 2.17. The Kier molecular flexibility index (Phi) is 5.20. The normalized spacial score (nSPS) is 10.3. The van der Waals surface area contributed by atoms with Gasteiger partial charge < -0.3 is 10.6 Å². The van der Waals surface area contributed by atoms with Crippen molar-refractivity contribution in [2.45, 2.75) is 6.42 Å². The fraction of sp³-hybridized carbons (Fsp3) is 0.0556. The molecule has 0 spiro atoms. The van der Waals surface area contributed by atoms with Gasteiger partial charge in [0.1, 0.15) is 5.82 Å². The highest BCUT2D eigenvalue weighted by atomic mass is 35.5. The van der Waals surface area contributed by atoms with Crippen LogP contribution in [0.15, 0.2) is 60.7 Å². The largest absolute Gasteiger partial charge is 0.339 e. The fourth-order valence-electron chi connectivity index (χ4n) is 2.15. The number of rotatable bonds is 5. The molecule has 0 aliphatic heterocycles. The lowest BCUT2D eigenvalue weighted by Crippen LogP contribution is -2.16. The lowest BCUT2D eigenvalue weighted by atomic mass is 10.1. The van der Waals surface area contributed by atoms with Gasteiger partial charge in [0, 0.05) is 10.7 Å². The molecular formula is C18H14ClFN4O. The number of carbonyl (C=O) groups excluding carboxylic acids is 1. The van der Waals surface area contributed by atoms with E-state index in [0.717, 1.165) is 5.69 Å². The first-order valence-corrected chi connectivity index (χ1v) is 7.87. The van der Waals surface area contributed by atoms with Crippen LogP contribution in [-0.4, -0.2) is 16.1 Å². The van der Waals surface area contributed by atoms with Crippen molar-refractivity contribution in [1.82, 2.24) is 10.2 Å². The molecule has 2 aromatic carbocycles. The molecule has 0 unspecified atom stereocenters.